The number of methoxy groups -OCH3 is 1. The molecule has 0 heterocycles. The molecular weight excluding hydrogens is 436 g/mol. The molecule has 6 nitrogen and oxygen atoms in total. The minimum absolute atomic E-state index is 0.138. The number of aryl methyl sites for hydroxylation is 1. The number of nitrogens with zero attached hydrogens (tertiary/aromatic N) is 1. The van der Waals surface area contributed by atoms with E-state index in [0.29, 0.717) is 17.9 Å². The zero-order chi connectivity index (χ0) is 23.8. The van der Waals surface area contributed by atoms with Crippen LogP contribution in [0.4, 0.5) is 5.69 Å². The molecule has 0 aliphatic rings. The predicted molar refractivity (Wildman–Crippen MR) is 132 cm³/mol. The second-order valence-electron chi connectivity index (χ2n) is 7.88. The lowest BCUT2D eigenvalue weighted by molar-refractivity contribution is -0.121. The number of carbonyl (C=O) groups is 1. The maximum absolute atomic E-state index is 12.9. The summed E-state index contributed by atoms with van der Waals surface area (Å²) in [6.07, 6.45) is 1.71. The van der Waals surface area contributed by atoms with Crippen LogP contribution in [0.2, 0.25) is 0 Å². The molecule has 0 fully saturated rings. The Kier molecular flexibility index (Phi) is 8.11. The largest absolute Gasteiger partial charge is 0.495 e. The molecule has 0 aliphatic carbocycles. The molecule has 3 rings (SSSR count). The van der Waals surface area contributed by atoms with E-state index in [0.717, 1.165) is 22.9 Å². The van der Waals surface area contributed by atoms with Crippen LogP contribution >= 0.6 is 0 Å². The molecule has 1 amide bonds. The highest BCUT2D eigenvalue weighted by Crippen LogP contribution is 2.30. The van der Waals surface area contributed by atoms with E-state index in [4.69, 9.17) is 4.74 Å². The van der Waals surface area contributed by atoms with E-state index in [1.165, 1.54) is 11.4 Å². The van der Waals surface area contributed by atoms with Gasteiger partial charge in [-0.25, -0.2) is 8.42 Å². The van der Waals surface area contributed by atoms with Crippen LogP contribution in [0.15, 0.2) is 78.9 Å². The van der Waals surface area contributed by atoms with Crippen molar-refractivity contribution in [3.05, 3.63) is 95.6 Å². The van der Waals surface area contributed by atoms with E-state index < -0.39 is 10.0 Å². The summed E-state index contributed by atoms with van der Waals surface area (Å²) in [4.78, 5) is 12.9. The zero-order valence-electron chi connectivity index (χ0n) is 19.2. The molecule has 3 aromatic carbocycles. The first kappa shape index (κ1) is 24.3. The van der Waals surface area contributed by atoms with Gasteiger partial charge in [0, 0.05) is 13.0 Å². The van der Waals surface area contributed by atoms with Gasteiger partial charge in [-0.1, -0.05) is 66.7 Å². The summed E-state index contributed by atoms with van der Waals surface area (Å²) in [6.45, 7) is 2.20. The van der Waals surface area contributed by atoms with E-state index in [1.54, 1.807) is 24.3 Å². The second kappa shape index (κ2) is 11.0. The molecule has 0 saturated heterocycles. The Morgan fingerprint density at radius 1 is 0.970 bits per heavy atom. The van der Waals surface area contributed by atoms with Crippen molar-refractivity contribution in [1.29, 1.82) is 0 Å². The Morgan fingerprint density at radius 2 is 1.61 bits per heavy atom. The third-order valence-electron chi connectivity index (χ3n) is 5.46. The Morgan fingerprint density at radius 3 is 2.27 bits per heavy atom. The molecule has 7 heteroatoms. The summed E-state index contributed by atoms with van der Waals surface area (Å²) in [7, 11) is -2.04. The third-order valence-corrected chi connectivity index (χ3v) is 6.64. The van der Waals surface area contributed by atoms with Crippen LogP contribution in [-0.4, -0.2) is 34.2 Å². The molecule has 33 heavy (non-hydrogen) atoms. The Balaban J connectivity index is 1.72. The number of benzene rings is 3. The molecule has 1 N–H and O–H groups in total. The molecule has 1 atom stereocenters. The van der Waals surface area contributed by atoms with Gasteiger partial charge in [-0.05, 0) is 42.2 Å². The van der Waals surface area contributed by atoms with Crippen molar-refractivity contribution in [3.63, 3.8) is 0 Å². The van der Waals surface area contributed by atoms with Crippen molar-refractivity contribution >= 4 is 21.6 Å². The van der Waals surface area contributed by atoms with Crippen LogP contribution in [-0.2, 0) is 14.8 Å². The predicted octanol–water partition coefficient (Wildman–Crippen LogP) is 4.46. The summed E-state index contributed by atoms with van der Waals surface area (Å²) in [6, 6.07) is 24.5. The fraction of sp³-hybridized carbons (Fsp3) is 0.269. The van der Waals surface area contributed by atoms with Crippen molar-refractivity contribution in [2.45, 2.75) is 25.8 Å². The van der Waals surface area contributed by atoms with Gasteiger partial charge in [0.15, 0.2) is 0 Å². The highest BCUT2D eigenvalue weighted by molar-refractivity contribution is 7.92. The first-order chi connectivity index (χ1) is 15.8. The van der Waals surface area contributed by atoms with Crippen LogP contribution in [0, 0.1) is 6.92 Å². The standard InChI is InChI=1S/C26H30N2O4S/c1-20-12-7-8-15-22(20)26(21-13-5-4-6-14-21)27-25(29)18-11-19-28(33(3,30)31)23-16-9-10-17-24(23)32-2/h4-10,12-17,26H,11,18-19H2,1-3H3,(H,27,29). The van der Waals surface area contributed by atoms with E-state index in [1.807, 2.05) is 61.5 Å². The smallest absolute Gasteiger partial charge is 0.232 e. The number of ether oxygens (including phenoxy) is 1. The van der Waals surface area contributed by atoms with E-state index in [-0.39, 0.29) is 24.9 Å². The summed E-state index contributed by atoms with van der Waals surface area (Å²) in [5.41, 5.74) is 3.58. The lowest BCUT2D eigenvalue weighted by atomic mass is 9.95. The first-order valence-electron chi connectivity index (χ1n) is 10.8. The maximum atomic E-state index is 12.9. The number of para-hydroxylation sites is 2. The number of anilines is 1. The van der Waals surface area contributed by atoms with Gasteiger partial charge >= 0.3 is 0 Å². The number of hydrogen-bond donors (Lipinski definition) is 1. The van der Waals surface area contributed by atoms with Crippen molar-refractivity contribution in [2.75, 3.05) is 24.2 Å². The van der Waals surface area contributed by atoms with Gasteiger partial charge in [-0.3, -0.25) is 9.10 Å². The highest BCUT2D eigenvalue weighted by Gasteiger charge is 2.22. The van der Waals surface area contributed by atoms with Crippen molar-refractivity contribution in [1.82, 2.24) is 5.32 Å². The minimum Gasteiger partial charge on any atom is -0.495 e. The van der Waals surface area contributed by atoms with E-state index >= 15 is 0 Å². The Hall–Kier alpha value is -3.32. The van der Waals surface area contributed by atoms with Crippen molar-refractivity contribution in [2.24, 2.45) is 0 Å². The molecule has 0 aromatic heterocycles. The topological polar surface area (TPSA) is 75.7 Å². The molecule has 3 aromatic rings. The van der Waals surface area contributed by atoms with Gasteiger partial charge in [-0.15, -0.1) is 0 Å². The summed E-state index contributed by atoms with van der Waals surface area (Å²) in [5, 5.41) is 3.13. The SMILES string of the molecule is COc1ccccc1N(CCCC(=O)NC(c1ccccc1)c1ccccc1C)S(C)(=O)=O. The number of rotatable bonds is 10. The van der Waals surface area contributed by atoms with Crippen LogP contribution < -0.4 is 14.4 Å². The normalized spacial score (nSPS) is 12.1. The molecule has 0 aliphatic heterocycles. The Labute approximate surface area is 196 Å². The van der Waals surface area contributed by atoms with Gasteiger partial charge < -0.3 is 10.1 Å². The lowest BCUT2D eigenvalue weighted by Gasteiger charge is -2.25. The van der Waals surface area contributed by atoms with Gasteiger partial charge in [0.05, 0.1) is 25.1 Å². The highest BCUT2D eigenvalue weighted by atomic mass is 32.2. The van der Waals surface area contributed by atoms with E-state index in [9.17, 15) is 13.2 Å². The maximum Gasteiger partial charge on any atom is 0.232 e. The number of nitrogens with one attached hydrogen (secondary N) is 1. The second-order valence-corrected chi connectivity index (χ2v) is 9.79. The summed E-state index contributed by atoms with van der Waals surface area (Å²) < 4.78 is 31.5. The van der Waals surface area contributed by atoms with Gasteiger partial charge in [0.25, 0.3) is 0 Å². The first-order valence-corrected chi connectivity index (χ1v) is 12.7. The fourth-order valence-electron chi connectivity index (χ4n) is 3.81. The molecule has 0 saturated carbocycles. The van der Waals surface area contributed by atoms with Crippen LogP contribution in [0.5, 0.6) is 5.75 Å². The molecule has 174 valence electrons. The van der Waals surface area contributed by atoms with E-state index in [2.05, 4.69) is 5.32 Å². The zero-order valence-corrected chi connectivity index (χ0v) is 20.0. The van der Waals surface area contributed by atoms with Crippen molar-refractivity contribution < 1.29 is 17.9 Å². The van der Waals surface area contributed by atoms with Gasteiger partial charge in [-0.2, -0.15) is 0 Å². The number of carbonyl (C=O) groups excluding carboxylic acids is 1. The van der Waals surface area contributed by atoms with Crippen molar-refractivity contribution in [3.8, 4) is 5.75 Å². The monoisotopic (exact) mass is 466 g/mol. The van der Waals surface area contributed by atoms with Crippen LogP contribution in [0.3, 0.4) is 0 Å². The average Bonchev–Trinajstić information content (AvgIpc) is 2.80. The van der Waals surface area contributed by atoms with Gasteiger partial charge in [0.1, 0.15) is 5.75 Å². The number of sulfonamides is 1. The number of hydrogen-bond acceptors (Lipinski definition) is 4. The molecule has 0 spiro atoms. The molecule has 1 unspecified atom stereocenters. The molecule has 0 radical (unpaired) electrons. The van der Waals surface area contributed by atoms with Crippen LogP contribution in [0.25, 0.3) is 0 Å². The van der Waals surface area contributed by atoms with Gasteiger partial charge in [0.2, 0.25) is 15.9 Å². The average molecular weight is 467 g/mol. The fourth-order valence-corrected chi connectivity index (χ4v) is 4.78. The Bertz CT molecular complexity index is 1180. The summed E-state index contributed by atoms with van der Waals surface area (Å²) in [5.74, 6) is 0.330. The van der Waals surface area contributed by atoms with Crippen LogP contribution in [0.1, 0.15) is 35.6 Å². The summed E-state index contributed by atoms with van der Waals surface area (Å²) >= 11 is 0. The number of amides is 1. The molecular formula is C26H30N2O4S. The minimum atomic E-state index is -3.54. The lowest BCUT2D eigenvalue weighted by Crippen LogP contribution is -2.33. The quantitative estimate of drug-likeness (QED) is 0.479. The third kappa shape index (κ3) is 6.35. The molecule has 0 bridgehead atoms.